The molecule has 0 fully saturated rings. The van der Waals surface area contributed by atoms with E-state index in [0.717, 1.165) is 9.13 Å². The predicted octanol–water partition coefficient (Wildman–Crippen LogP) is 1.31. The van der Waals surface area contributed by atoms with E-state index in [-0.39, 0.29) is 29.6 Å². The van der Waals surface area contributed by atoms with Gasteiger partial charge in [0.25, 0.3) is 5.56 Å². The minimum atomic E-state index is -0.686. The number of anilines is 1. The van der Waals surface area contributed by atoms with Crippen molar-refractivity contribution in [3.05, 3.63) is 55.8 Å². The number of halogens is 1. The highest BCUT2D eigenvalue weighted by Gasteiger charge is 2.17. The van der Waals surface area contributed by atoms with Gasteiger partial charge in [0.2, 0.25) is 5.91 Å². The molecule has 0 unspecified atom stereocenters. The Morgan fingerprint density at radius 3 is 2.72 bits per heavy atom. The molecule has 0 bridgehead atoms. The number of nitrogens with zero attached hydrogens (tertiary/aromatic N) is 2. The third-order valence-electron chi connectivity index (χ3n) is 3.38. The molecule has 0 spiro atoms. The van der Waals surface area contributed by atoms with Crippen LogP contribution in [0, 0.1) is 11.8 Å². The number of rotatable bonds is 3. The van der Waals surface area contributed by atoms with E-state index < -0.39 is 17.2 Å². The molecule has 8 heteroatoms. The van der Waals surface area contributed by atoms with Crippen LogP contribution in [0.3, 0.4) is 0 Å². The van der Waals surface area contributed by atoms with E-state index in [1.165, 1.54) is 19.2 Å². The molecule has 130 valence electrons. The van der Waals surface area contributed by atoms with E-state index in [9.17, 15) is 19.5 Å². The third-order valence-corrected chi connectivity index (χ3v) is 3.77. The van der Waals surface area contributed by atoms with Crippen LogP contribution < -0.4 is 16.6 Å². The van der Waals surface area contributed by atoms with E-state index in [0.29, 0.717) is 5.56 Å². The van der Waals surface area contributed by atoms with Crippen molar-refractivity contribution in [1.29, 1.82) is 0 Å². The van der Waals surface area contributed by atoms with E-state index >= 15 is 0 Å². The Morgan fingerprint density at radius 2 is 2.08 bits per heavy atom. The molecular weight excluding hydrogens is 346 g/mol. The second-order valence-electron chi connectivity index (χ2n) is 5.15. The Bertz CT molecular complexity index is 996. The Balaban J connectivity index is 2.43. The van der Waals surface area contributed by atoms with Gasteiger partial charge in [0.15, 0.2) is 0 Å². The summed E-state index contributed by atoms with van der Waals surface area (Å²) in [5.74, 6) is 5.23. The second kappa shape index (κ2) is 7.73. The normalized spacial score (nSPS) is 10.0. The first kappa shape index (κ1) is 18.4. The summed E-state index contributed by atoms with van der Waals surface area (Å²) in [6.45, 7) is 1.54. The molecule has 1 heterocycles. The Hall–Kier alpha value is -2.98. The van der Waals surface area contributed by atoms with Crippen LogP contribution in [0.4, 0.5) is 5.69 Å². The Labute approximate surface area is 148 Å². The fraction of sp³-hybridized carbons (Fsp3) is 0.235. The van der Waals surface area contributed by atoms with Crippen molar-refractivity contribution in [3.63, 3.8) is 0 Å². The molecule has 0 saturated carbocycles. The highest BCUT2D eigenvalue weighted by Crippen LogP contribution is 2.15. The number of aromatic nitrogens is 2. The third kappa shape index (κ3) is 4.11. The van der Waals surface area contributed by atoms with Crippen molar-refractivity contribution in [3.8, 4) is 17.6 Å². The van der Waals surface area contributed by atoms with Gasteiger partial charge in [-0.2, -0.15) is 0 Å². The van der Waals surface area contributed by atoms with Crippen LogP contribution in [-0.4, -0.2) is 20.1 Å². The van der Waals surface area contributed by atoms with E-state index in [1.807, 2.05) is 0 Å². The number of hydrogen-bond acceptors (Lipinski definition) is 4. The molecule has 0 aliphatic heterocycles. The lowest BCUT2D eigenvalue weighted by Gasteiger charge is -2.12. The smallest absolute Gasteiger partial charge is 0.332 e. The summed E-state index contributed by atoms with van der Waals surface area (Å²) in [5.41, 5.74) is -0.924. The van der Waals surface area contributed by atoms with Crippen LogP contribution in [0.2, 0.25) is 5.15 Å². The van der Waals surface area contributed by atoms with Gasteiger partial charge >= 0.3 is 5.69 Å². The molecule has 2 N–H and O–H groups in total. The number of aromatic hydroxyl groups is 1. The largest absolute Gasteiger partial charge is 0.508 e. The molecule has 25 heavy (non-hydrogen) atoms. The van der Waals surface area contributed by atoms with Crippen LogP contribution in [0.25, 0.3) is 0 Å². The molecule has 0 atom stereocenters. The molecule has 0 aliphatic carbocycles. The number of nitrogens with one attached hydrogen (secondary N) is 1. The maximum Gasteiger partial charge on any atom is 0.332 e. The molecule has 1 amide bonds. The minimum absolute atomic E-state index is 0.0775. The molecular formula is C17H16ClN3O4. The zero-order valence-electron chi connectivity index (χ0n) is 13.7. The molecule has 0 aliphatic rings. The standard InChI is InChI=1S/C17H16ClN3O4/c1-3-13(23)19-14-15(18)21(17(25)20(2)16(14)24)9-5-7-11-6-4-8-12(22)10-11/h4,6,8,10,22H,3,9H2,1-2H3,(H,19,23). The van der Waals surface area contributed by atoms with Crippen LogP contribution in [-0.2, 0) is 18.4 Å². The van der Waals surface area contributed by atoms with Gasteiger partial charge in [0, 0.05) is 19.0 Å². The van der Waals surface area contributed by atoms with Gasteiger partial charge in [-0.15, -0.1) is 0 Å². The maximum absolute atomic E-state index is 12.2. The average Bonchev–Trinajstić information content (AvgIpc) is 2.59. The van der Waals surface area contributed by atoms with Crippen LogP contribution in [0.15, 0.2) is 33.9 Å². The van der Waals surface area contributed by atoms with Gasteiger partial charge < -0.3 is 10.4 Å². The summed E-state index contributed by atoms with van der Waals surface area (Å²) in [6.07, 6.45) is 0.163. The monoisotopic (exact) mass is 361 g/mol. The second-order valence-corrected chi connectivity index (χ2v) is 5.51. The quantitative estimate of drug-likeness (QED) is 0.636. The van der Waals surface area contributed by atoms with Gasteiger partial charge in [-0.1, -0.05) is 36.4 Å². The van der Waals surface area contributed by atoms with Gasteiger partial charge in [0.05, 0.1) is 6.54 Å². The van der Waals surface area contributed by atoms with Crippen molar-refractivity contribution in [2.75, 3.05) is 5.32 Å². The van der Waals surface area contributed by atoms with Gasteiger partial charge in [-0.3, -0.25) is 18.7 Å². The topological polar surface area (TPSA) is 93.3 Å². The van der Waals surface area contributed by atoms with Crippen molar-refractivity contribution < 1.29 is 9.90 Å². The van der Waals surface area contributed by atoms with E-state index in [2.05, 4.69) is 17.2 Å². The Morgan fingerprint density at radius 1 is 1.36 bits per heavy atom. The maximum atomic E-state index is 12.2. The lowest BCUT2D eigenvalue weighted by molar-refractivity contribution is -0.115. The molecule has 1 aromatic heterocycles. The number of carbonyl (C=O) groups is 1. The number of hydrogen-bond donors (Lipinski definition) is 2. The fourth-order valence-electron chi connectivity index (χ4n) is 2.02. The zero-order valence-corrected chi connectivity index (χ0v) is 14.4. The first-order valence-corrected chi connectivity index (χ1v) is 7.80. The summed E-state index contributed by atoms with van der Waals surface area (Å²) in [7, 11) is 1.29. The van der Waals surface area contributed by atoms with Gasteiger partial charge in [-0.05, 0) is 18.2 Å². The summed E-state index contributed by atoms with van der Waals surface area (Å²) in [6, 6.07) is 6.33. The summed E-state index contributed by atoms with van der Waals surface area (Å²) < 4.78 is 1.94. The van der Waals surface area contributed by atoms with E-state index in [1.54, 1.807) is 19.1 Å². The summed E-state index contributed by atoms with van der Waals surface area (Å²) in [5, 5.41) is 11.6. The molecule has 0 radical (unpaired) electrons. The van der Waals surface area contributed by atoms with Crippen molar-refractivity contribution in [1.82, 2.24) is 9.13 Å². The van der Waals surface area contributed by atoms with Crippen molar-refractivity contribution in [2.45, 2.75) is 19.9 Å². The van der Waals surface area contributed by atoms with E-state index in [4.69, 9.17) is 11.6 Å². The van der Waals surface area contributed by atoms with Crippen molar-refractivity contribution >= 4 is 23.2 Å². The SMILES string of the molecule is CCC(=O)Nc1c(Cl)n(CC#Cc2cccc(O)c2)c(=O)n(C)c1=O. The lowest BCUT2D eigenvalue weighted by Crippen LogP contribution is -2.40. The molecule has 0 saturated heterocycles. The fourth-order valence-corrected chi connectivity index (χ4v) is 2.28. The molecule has 2 aromatic rings. The van der Waals surface area contributed by atoms with Crippen LogP contribution in [0.1, 0.15) is 18.9 Å². The number of phenols is 1. The summed E-state index contributed by atoms with van der Waals surface area (Å²) >= 11 is 6.13. The zero-order chi connectivity index (χ0) is 18.6. The lowest BCUT2D eigenvalue weighted by atomic mass is 10.2. The van der Waals surface area contributed by atoms with Gasteiger partial charge in [0.1, 0.15) is 16.6 Å². The Kier molecular flexibility index (Phi) is 5.67. The molecule has 1 aromatic carbocycles. The first-order chi connectivity index (χ1) is 11.8. The van der Waals surface area contributed by atoms with Crippen LogP contribution >= 0.6 is 11.6 Å². The highest BCUT2D eigenvalue weighted by molar-refractivity contribution is 6.32. The number of benzene rings is 1. The number of phenolic OH excluding ortho intramolecular Hbond substituents is 1. The first-order valence-electron chi connectivity index (χ1n) is 7.42. The minimum Gasteiger partial charge on any atom is -0.508 e. The summed E-state index contributed by atoms with van der Waals surface area (Å²) in [4.78, 5) is 35.9. The number of amides is 1. The predicted molar refractivity (Wildman–Crippen MR) is 94.9 cm³/mol. The van der Waals surface area contributed by atoms with Crippen LogP contribution in [0.5, 0.6) is 5.75 Å². The molecule has 2 rings (SSSR count). The average molecular weight is 362 g/mol. The molecule has 7 nitrogen and oxygen atoms in total. The van der Waals surface area contributed by atoms with Crippen molar-refractivity contribution in [2.24, 2.45) is 7.05 Å². The highest BCUT2D eigenvalue weighted by atomic mass is 35.5. The number of carbonyl (C=O) groups excluding carboxylic acids is 1. The van der Waals surface area contributed by atoms with Gasteiger partial charge in [-0.25, -0.2) is 4.79 Å².